The summed E-state index contributed by atoms with van der Waals surface area (Å²) >= 11 is 0. The Morgan fingerprint density at radius 1 is 1.00 bits per heavy atom. The molecule has 0 bridgehead atoms. The van der Waals surface area contributed by atoms with Crippen molar-refractivity contribution in [2.45, 2.75) is 27.7 Å². The molecule has 100 valence electrons. The van der Waals surface area contributed by atoms with E-state index in [1.54, 1.807) is 20.8 Å². The first-order valence-electron chi connectivity index (χ1n) is 5.90. The lowest BCUT2D eigenvalue weighted by molar-refractivity contribution is 0.103. The quantitative estimate of drug-likeness (QED) is 0.767. The van der Waals surface area contributed by atoms with Gasteiger partial charge in [0.25, 0.3) is 0 Å². The third-order valence-electron chi connectivity index (χ3n) is 3.31. The molecule has 0 fully saturated rings. The Hall–Kier alpha value is -1.97. The maximum Gasteiger partial charge on any atom is 0.199 e. The SMILES string of the molecule is Cc1ccc(C(=O)c2c(C)oc(C)c2C)c(F)c1F. The van der Waals surface area contributed by atoms with E-state index in [1.165, 1.54) is 19.1 Å². The van der Waals surface area contributed by atoms with Crippen LogP contribution in [0.15, 0.2) is 16.5 Å². The average molecular weight is 264 g/mol. The molecule has 0 saturated carbocycles. The maximum atomic E-state index is 13.8. The summed E-state index contributed by atoms with van der Waals surface area (Å²) in [6, 6.07) is 2.69. The highest BCUT2D eigenvalue weighted by Gasteiger charge is 2.24. The molecule has 0 radical (unpaired) electrons. The summed E-state index contributed by atoms with van der Waals surface area (Å²) < 4.78 is 32.7. The molecular formula is C15H14F2O2. The van der Waals surface area contributed by atoms with Gasteiger partial charge in [0.05, 0.1) is 11.1 Å². The van der Waals surface area contributed by atoms with Crippen LogP contribution in [0.5, 0.6) is 0 Å². The molecule has 2 aromatic rings. The molecule has 2 nitrogen and oxygen atoms in total. The van der Waals surface area contributed by atoms with Crippen molar-refractivity contribution in [2.75, 3.05) is 0 Å². The highest BCUT2D eigenvalue weighted by Crippen LogP contribution is 2.26. The van der Waals surface area contributed by atoms with Crippen LogP contribution in [0.25, 0.3) is 0 Å². The Kier molecular flexibility index (Phi) is 3.27. The Balaban J connectivity index is 2.60. The molecule has 1 aromatic carbocycles. The van der Waals surface area contributed by atoms with Gasteiger partial charge in [-0.15, -0.1) is 0 Å². The van der Waals surface area contributed by atoms with Crippen molar-refractivity contribution >= 4 is 5.78 Å². The molecule has 0 spiro atoms. The highest BCUT2D eigenvalue weighted by atomic mass is 19.2. The Bertz CT molecular complexity index is 669. The zero-order valence-corrected chi connectivity index (χ0v) is 11.2. The van der Waals surface area contributed by atoms with E-state index in [1.807, 2.05) is 0 Å². The highest BCUT2D eigenvalue weighted by molar-refractivity contribution is 6.10. The monoisotopic (exact) mass is 264 g/mol. The fourth-order valence-corrected chi connectivity index (χ4v) is 2.08. The number of hydrogen-bond donors (Lipinski definition) is 0. The third kappa shape index (κ3) is 2.07. The summed E-state index contributed by atoms with van der Waals surface area (Å²) in [5.74, 6) is -1.62. The van der Waals surface area contributed by atoms with Crippen LogP contribution in [0.1, 0.15) is 38.6 Å². The van der Waals surface area contributed by atoms with E-state index in [-0.39, 0.29) is 11.1 Å². The summed E-state index contributed by atoms with van der Waals surface area (Å²) in [6.07, 6.45) is 0. The topological polar surface area (TPSA) is 30.2 Å². The van der Waals surface area contributed by atoms with Gasteiger partial charge in [0.15, 0.2) is 17.4 Å². The molecule has 0 aliphatic rings. The van der Waals surface area contributed by atoms with Gasteiger partial charge in [-0.1, -0.05) is 6.07 Å². The van der Waals surface area contributed by atoms with Crippen molar-refractivity contribution in [3.8, 4) is 0 Å². The van der Waals surface area contributed by atoms with Crippen molar-refractivity contribution in [2.24, 2.45) is 0 Å². The molecule has 4 heteroatoms. The van der Waals surface area contributed by atoms with Crippen LogP contribution < -0.4 is 0 Å². The number of carbonyl (C=O) groups is 1. The molecule has 1 aromatic heterocycles. The first-order chi connectivity index (χ1) is 8.84. The molecule has 2 rings (SSSR count). The second-order valence-corrected chi connectivity index (χ2v) is 4.60. The number of ketones is 1. The molecule has 0 aliphatic carbocycles. The van der Waals surface area contributed by atoms with Gasteiger partial charge >= 0.3 is 0 Å². The number of carbonyl (C=O) groups excluding carboxylic acids is 1. The maximum absolute atomic E-state index is 13.8. The van der Waals surface area contributed by atoms with Gasteiger partial charge < -0.3 is 4.42 Å². The molecule has 0 N–H and O–H groups in total. The molecule has 1 heterocycles. The van der Waals surface area contributed by atoms with Gasteiger partial charge in [0, 0.05) is 5.56 Å². The number of hydrogen-bond acceptors (Lipinski definition) is 2. The molecule has 0 aliphatic heterocycles. The van der Waals surface area contributed by atoms with E-state index < -0.39 is 17.4 Å². The van der Waals surface area contributed by atoms with Crippen LogP contribution in [0.3, 0.4) is 0 Å². The van der Waals surface area contributed by atoms with Gasteiger partial charge in [-0.25, -0.2) is 8.78 Å². The van der Waals surface area contributed by atoms with E-state index >= 15 is 0 Å². The smallest absolute Gasteiger partial charge is 0.199 e. The minimum Gasteiger partial charge on any atom is -0.466 e. The Labute approximate surface area is 110 Å². The first-order valence-corrected chi connectivity index (χ1v) is 5.90. The normalized spacial score (nSPS) is 10.8. The second-order valence-electron chi connectivity index (χ2n) is 4.60. The zero-order chi connectivity index (χ0) is 14.3. The van der Waals surface area contributed by atoms with Gasteiger partial charge in [0.2, 0.25) is 0 Å². The van der Waals surface area contributed by atoms with Crippen molar-refractivity contribution in [1.29, 1.82) is 0 Å². The number of rotatable bonds is 2. The van der Waals surface area contributed by atoms with Crippen molar-refractivity contribution < 1.29 is 18.0 Å². The van der Waals surface area contributed by atoms with Gasteiger partial charge in [-0.3, -0.25) is 4.79 Å². The predicted octanol–water partition coefficient (Wildman–Crippen LogP) is 4.02. The van der Waals surface area contributed by atoms with E-state index in [0.717, 1.165) is 0 Å². The van der Waals surface area contributed by atoms with Gasteiger partial charge in [0.1, 0.15) is 11.5 Å². The molecule has 0 saturated heterocycles. The Morgan fingerprint density at radius 2 is 1.63 bits per heavy atom. The van der Waals surface area contributed by atoms with Crippen molar-refractivity contribution in [3.63, 3.8) is 0 Å². The zero-order valence-electron chi connectivity index (χ0n) is 11.2. The summed E-state index contributed by atoms with van der Waals surface area (Å²) in [5, 5.41) is 0. The summed E-state index contributed by atoms with van der Waals surface area (Å²) in [4.78, 5) is 12.3. The van der Waals surface area contributed by atoms with Gasteiger partial charge in [-0.2, -0.15) is 0 Å². The molecule has 0 amide bonds. The average Bonchev–Trinajstić information content (AvgIpc) is 2.60. The van der Waals surface area contributed by atoms with Crippen LogP contribution in [0, 0.1) is 39.3 Å². The lowest BCUT2D eigenvalue weighted by atomic mass is 9.98. The van der Waals surface area contributed by atoms with E-state index in [0.29, 0.717) is 22.6 Å². The number of benzene rings is 1. The van der Waals surface area contributed by atoms with Crippen LogP contribution in [-0.2, 0) is 0 Å². The number of furan rings is 1. The largest absolute Gasteiger partial charge is 0.466 e. The number of halogens is 2. The standard InChI is InChI=1S/C15H14F2O2/c1-7-5-6-11(14(17)13(7)16)15(18)12-8(2)9(3)19-10(12)4/h5-6H,1-4H3. The third-order valence-corrected chi connectivity index (χ3v) is 3.31. The Morgan fingerprint density at radius 3 is 2.16 bits per heavy atom. The lowest BCUT2D eigenvalue weighted by Crippen LogP contribution is -2.08. The van der Waals surface area contributed by atoms with E-state index in [2.05, 4.69) is 0 Å². The van der Waals surface area contributed by atoms with Crippen LogP contribution in [0.2, 0.25) is 0 Å². The lowest BCUT2D eigenvalue weighted by Gasteiger charge is -2.05. The summed E-state index contributed by atoms with van der Waals surface area (Å²) in [7, 11) is 0. The van der Waals surface area contributed by atoms with Gasteiger partial charge in [-0.05, 0) is 39.3 Å². The summed E-state index contributed by atoms with van der Waals surface area (Å²) in [6.45, 7) is 6.54. The molecule has 19 heavy (non-hydrogen) atoms. The van der Waals surface area contributed by atoms with Crippen LogP contribution >= 0.6 is 0 Å². The van der Waals surface area contributed by atoms with Crippen LogP contribution in [-0.4, -0.2) is 5.78 Å². The van der Waals surface area contributed by atoms with Crippen molar-refractivity contribution in [3.05, 3.63) is 57.5 Å². The van der Waals surface area contributed by atoms with Crippen molar-refractivity contribution in [1.82, 2.24) is 0 Å². The molecular weight excluding hydrogens is 250 g/mol. The second kappa shape index (κ2) is 4.61. The minimum atomic E-state index is -1.11. The molecule has 0 unspecified atom stereocenters. The fraction of sp³-hybridized carbons (Fsp3) is 0.267. The minimum absolute atomic E-state index is 0.172. The summed E-state index contributed by atoms with van der Waals surface area (Å²) in [5.41, 5.74) is 0.864. The van der Waals surface area contributed by atoms with E-state index in [4.69, 9.17) is 4.42 Å². The van der Waals surface area contributed by atoms with E-state index in [9.17, 15) is 13.6 Å². The molecule has 0 atom stereocenters. The predicted molar refractivity (Wildman–Crippen MR) is 67.4 cm³/mol. The van der Waals surface area contributed by atoms with Crippen LogP contribution in [0.4, 0.5) is 8.78 Å². The fourth-order valence-electron chi connectivity index (χ4n) is 2.08. The first kappa shape index (κ1) is 13.5. The number of aryl methyl sites for hydroxylation is 3.